The number of para-hydroxylation sites is 1. The van der Waals surface area contributed by atoms with Crippen molar-refractivity contribution in [3.63, 3.8) is 0 Å². The number of benzene rings is 3. The maximum Gasteiger partial charge on any atom is 0.255 e. The summed E-state index contributed by atoms with van der Waals surface area (Å²) in [6.45, 7) is 3.99. The standard InChI is InChI=1S/C25H24N2O3/c1-25(2,24(28)27(3)29)20-11-8-19-15-22(13-10-18(19)14-20)30-16-21-12-9-17-6-4-5-7-23(17)26-21/h4-15,29H,16H2,1-3H3. The summed E-state index contributed by atoms with van der Waals surface area (Å²) in [5.74, 6) is 0.403. The van der Waals surface area contributed by atoms with Gasteiger partial charge in [-0.3, -0.25) is 10.0 Å². The predicted octanol–water partition coefficient (Wildman–Crippen LogP) is 5.09. The van der Waals surface area contributed by atoms with Crippen LogP contribution >= 0.6 is 0 Å². The van der Waals surface area contributed by atoms with Crippen molar-refractivity contribution < 1.29 is 14.7 Å². The number of aromatic nitrogens is 1. The third-order valence-electron chi connectivity index (χ3n) is 5.40. The summed E-state index contributed by atoms with van der Waals surface area (Å²) < 4.78 is 5.96. The molecule has 5 heteroatoms. The predicted molar refractivity (Wildman–Crippen MR) is 118 cm³/mol. The van der Waals surface area contributed by atoms with E-state index in [9.17, 15) is 10.0 Å². The first kappa shape index (κ1) is 19.9. The minimum Gasteiger partial charge on any atom is -0.487 e. The van der Waals surface area contributed by atoms with E-state index in [-0.39, 0.29) is 5.91 Å². The highest BCUT2D eigenvalue weighted by Gasteiger charge is 2.32. The molecule has 30 heavy (non-hydrogen) atoms. The Morgan fingerprint density at radius 2 is 1.67 bits per heavy atom. The maximum absolute atomic E-state index is 12.3. The first-order valence-corrected chi connectivity index (χ1v) is 9.83. The molecule has 1 aromatic heterocycles. The second-order valence-electron chi connectivity index (χ2n) is 7.96. The Labute approximate surface area is 175 Å². The summed E-state index contributed by atoms with van der Waals surface area (Å²) in [5.41, 5.74) is 1.84. The molecule has 152 valence electrons. The van der Waals surface area contributed by atoms with Crippen LogP contribution in [0, 0.1) is 0 Å². The van der Waals surface area contributed by atoms with Crippen LogP contribution in [0.25, 0.3) is 21.7 Å². The van der Waals surface area contributed by atoms with E-state index in [0.717, 1.165) is 38.7 Å². The molecule has 1 N–H and O–H groups in total. The van der Waals surface area contributed by atoms with Gasteiger partial charge in [-0.2, -0.15) is 0 Å². The first-order chi connectivity index (χ1) is 14.3. The Bertz CT molecular complexity index is 1230. The lowest BCUT2D eigenvalue weighted by Gasteiger charge is -2.26. The van der Waals surface area contributed by atoms with Crippen molar-refractivity contribution >= 4 is 27.6 Å². The van der Waals surface area contributed by atoms with Crippen LogP contribution in [0.5, 0.6) is 5.75 Å². The van der Waals surface area contributed by atoms with Gasteiger partial charge in [0, 0.05) is 12.4 Å². The number of hydroxylamine groups is 2. The van der Waals surface area contributed by atoms with E-state index in [1.807, 2.05) is 66.7 Å². The minimum absolute atomic E-state index is 0.357. The van der Waals surface area contributed by atoms with Gasteiger partial charge in [0.1, 0.15) is 12.4 Å². The van der Waals surface area contributed by atoms with E-state index < -0.39 is 5.41 Å². The lowest BCUT2D eigenvalue weighted by molar-refractivity contribution is -0.164. The van der Waals surface area contributed by atoms with Gasteiger partial charge in [-0.25, -0.2) is 10.0 Å². The number of carbonyl (C=O) groups is 1. The molecule has 0 bridgehead atoms. The minimum atomic E-state index is -0.825. The van der Waals surface area contributed by atoms with E-state index in [4.69, 9.17) is 4.74 Å². The Morgan fingerprint density at radius 1 is 0.967 bits per heavy atom. The van der Waals surface area contributed by atoms with Gasteiger partial charge in [0.15, 0.2) is 0 Å². The largest absolute Gasteiger partial charge is 0.487 e. The molecule has 0 aliphatic rings. The normalized spacial score (nSPS) is 11.6. The second kappa shape index (κ2) is 7.76. The number of nitrogens with zero attached hydrogens (tertiary/aromatic N) is 2. The average molecular weight is 400 g/mol. The van der Waals surface area contributed by atoms with Gasteiger partial charge < -0.3 is 4.74 Å². The number of pyridine rings is 1. The van der Waals surface area contributed by atoms with Crippen molar-refractivity contribution in [2.75, 3.05) is 7.05 Å². The highest BCUT2D eigenvalue weighted by atomic mass is 16.5. The molecule has 0 aliphatic carbocycles. The molecule has 0 saturated carbocycles. The molecule has 1 heterocycles. The van der Waals surface area contributed by atoms with Gasteiger partial charge >= 0.3 is 0 Å². The van der Waals surface area contributed by atoms with Crippen LogP contribution in [-0.4, -0.2) is 28.2 Å². The van der Waals surface area contributed by atoms with Gasteiger partial charge in [-0.15, -0.1) is 0 Å². The van der Waals surface area contributed by atoms with Crippen LogP contribution in [-0.2, 0) is 16.8 Å². The SMILES string of the molecule is CN(O)C(=O)C(C)(C)c1ccc2cc(OCc3ccc4ccccc4n3)ccc2c1. The molecule has 3 aromatic carbocycles. The van der Waals surface area contributed by atoms with E-state index in [0.29, 0.717) is 11.7 Å². The Balaban J connectivity index is 1.54. The number of likely N-dealkylation sites (N-methyl/N-ethyl adjacent to an activating group) is 1. The van der Waals surface area contributed by atoms with Crippen LogP contribution in [0.2, 0.25) is 0 Å². The number of hydrogen-bond donors (Lipinski definition) is 1. The fourth-order valence-electron chi connectivity index (χ4n) is 3.58. The monoisotopic (exact) mass is 400 g/mol. The summed E-state index contributed by atoms with van der Waals surface area (Å²) in [6.07, 6.45) is 0. The first-order valence-electron chi connectivity index (χ1n) is 9.83. The summed E-state index contributed by atoms with van der Waals surface area (Å²) in [6, 6.07) is 23.8. The van der Waals surface area contributed by atoms with Crippen LogP contribution < -0.4 is 4.74 Å². The van der Waals surface area contributed by atoms with Gasteiger partial charge in [0.25, 0.3) is 5.91 Å². The molecule has 0 saturated heterocycles. The summed E-state index contributed by atoms with van der Waals surface area (Å²) in [7, 11) is 1.35. The lowest BCUT2D eigenvalue weighted by Crippen LogP contribution is -2.39. The molecular weight excluding hydrogens is 376 g/mol. The fourth-order valence-corrected chi connectivity index (χ4v) is 3.58. The highest BCUT2D eigenvalue weighted by molar-refractivity contribution is 5.90. The molecule has 1 amide bonds. The highest BCUT2D eigenvalue weighted by Crippen LogP contribution is 2.30. The third-order valence-corrected chi connectivity index (χ3v) is 5.40. The van der Waals surface area contributed by atoms with Crippen LogP contribution in [0.4, 0.5) is 0 Å². The van der Waals surface area contributed by atoms with Crippen molar-refractivity contribution in [2.45, 2.75) is 25.9 Å². The summed E-state index contributed by atoms with van der Waals surface area (Å²) in [5, 5.41) is 13.3. The molecule has 0 radical (unpaired) electrons. The van der Waals surface area contributed by atoms with Crippen LogP contribution in [0.3, 0.4) is 0 Å². The molecule has 4 aromatic rings. The summed E-state index contributed by atoms with van der Waals surface area (Å²) >= 11 is 0. The maximum atomic E-state index is 12.3. The second-order valence-corrected chi connectivity index (χ2v) is 7.96. The lowest BCUT2D eigenvalue weighted by atomic mass is 9.82. The van der Waals surface area contributed by atoms with Gasteiger partial charge in [0.05, 0.1) is 16.6 Å². The molecule has 0 unspecified atom stereocenters. The number of fused-ring (bicyclic) bond motifs is 2. The van der Waals surface area contributed by atoms with Gasteiger partial charge in [0.2, 0.25) is 0 Å². The molecule has 0 atom stereocenters. The average Bonchev–Trinajstić information content (AvgIpc) is 2.76. The number of carbonyl (C=O) groups excluding carboxylic acids is 1. The number of ether oxygens (including phenoxy) is 1. The van der Waals surface area contributed by atoms with Crippen molar-refractivity contribution in [3.8, 4) is 5.75 Å². The molecule has 0 fully saturated rings. The van der Waals surface area contributed by atoms with E-state index in [2.05, 4.69) is 11.1 Å². The summed E-state index contributed by atoms with van der Waals surface area (Å²) in [4.78, 5) is 16.9. The fraction of sp³-hybridized carbons (Fsp3) is 0.200. The van der Waals surface area contributed by atoms with E-state index >= 15 is 0 Å². The molecular formula is C25H24N2O3. The zero-order chi connectivity index (χ0) is 21.3. The Kier molecular flexibility index (Phi) is 5.14. The van der Waals surface area contributed by atoms with Crippen molar-refractivity contribution in [1.82, 2.24) is 10.0 Å². The third kappa shape index (κ3) is 3.84. The number of amides is 1. The van der Waals surface area contributed by atoms with Crippen molar-refractivity contribution in [2.24, 2.45) is 0 Å². The number of rotatable bonds is 5. The quantitative estimate of drug-likeness (QED) is 0.374. The Hall–Kier alpha value is -3.44. The van der Waals surface area contributed by atoms with Gasteiger partial charge in [-0.1, -0.05) is 48.5 Å². The van der Waals surface area contributed by atoms with Gasteiger partial charge in [-0.05, 0) is 54.4 Å². The smallest absolute Gasteiger partial charge is 0.255 e. The zero-order valence-corrected chi connectivity index (χ0v) is 17.3. The number of hydrogen-bond acceptors (Lipinski definition) is 4. The van der Waals surface area contributed by atoms with Crippen LogP contribution in [0.15, 0.2) is 72.8 Å². The van der Waals surface area contributed by atoms with E-state index in [1.165, 1.54) is 7.05 Å². The topological polar surface area (TPSA) is 62.7 Å². The van der Waals surface area contributed by atoms with Crippen molar-refractivity contribution in [1.29, 1.82) is 0 Å². The zero-order valence-electron chi connectivity index (χ0n) is 17.3. The van der Waals surface area contributed by atoms with Crippen LogP contribution in [0.1, 0.15) is 25.1 Å². The molecule has 0 spiro atoms. The Morgan fingerprint density at radius 3 is 2.47 bits per heavy atom. The van der Waals surface area contributed by atoms with Crippen molar-refractivity contribution in [3.05, 3.63) is 84.1 Å². The molecule has 5 nitrogen and oxygen atoms in total. The molecule has 0 aliphatic heterocycles. The van der Waals surface area contributed by atoms with E-state index in [1.54, 1.807) is 13.8 Å². The molecule has 4 rings (SSSR count).